The van der Waals surface area contributed by atoms with Crippen LogP contribution in [0.1, 0.15) is 54.4 Å². The molecule has 1 fully saturated rings. The second-order valence-corrected chi connectivity index (χ2v) is 5.92. The van der Waals surface area contributed by atoms with Gasteiger partial charge in [0.05, 0.1) is 5.60 Å². The molecule has 2 N–H and O–H groups in total. The molecule has 0 aliphatic heterocycles. The fraction of sp³-hybridized carbons (Fsp3) is 0.562. The van der Waals surface area contributed by atoms with Gasteiger partial charge in [-0.3, -0.25) is 4.79 Å². The van der Waals surface area contributed by atoms with Crippen molar-refractivity contribution in [2.45, 2.75) is 50.0 Å². The Morgan fingerprint density at radius 1 is 1.15 bits per heavy atom. The minimum absolute atomic E-state index is 0.135. The van der Waals surface area contributed by atoms with Gasteiger partial charge < -0.3 is 10.4 Å². The molecule has 0 spiro atoms. The number of carbonyl (C=O) groups excluding carboxylic acids is 1. The average molecular weight is 296 g/mol. The normalized spacial score (nSPS) is 18.3. The van der Waals surface area contributed by atoms with E-state index in [1.165, 1.54) is 12.8 Å². The number of aliphatic hydroxyl groups is 1. The molecule has 0 bridgehead atoms. The Morgan fingerprint density at radius 2 is 1.75 bits per heavy atom. The third kappa shape index (κ3) is 4.22. The van der Waals surface area contributed by atoms with Crippen LogP contribution in [0.5, 0.6) is 0 Å². The van der Waals surface area contributed by atoms with E-state index in [2.05, 4.69) is 5.32 Å². The highest BCUT2D eigenvalue weighted by atomic mass is 35.5. The van der Waals surface area contributed by atoms with E-state index in [9.17, 15) is 9.90 Å². The molecule has 2 rings (SSSR count). The number of alkyl halides is 1. The Bertz CT molecular complexity index is 436. The zero-order valence-corrected chi connectivity index (χ0v) is 12.5. The third-order valence-corrected chi connectivity index (χ3v) is 4.29. The maximum absolute atomic E-state index is 12.1. The van der Waals surface area contributed by atoms with Gasteiger partial charge in [0.15, 0.2) is 0 Å². The van der Waals surface area contributed by atoms with Crippen molar-refractivity contribution >= 4 is 17.5 Å². The van der Waals surface area contributed by atoms with Crippen LogP contribution in [-0.4, -0.2) is 23.2 Å². The lowest BCUT2D eigenvalue weighted by molar-refractivity contribution is 0.0246. The Kier molecular flexibility index (Phi) is 5.44. The van der Waals surface area contributed by atoms with Crippen LogP contribution in [0.4, 0.5) is 0 Å². The SMILES string of the molecule is O=C(NCC1(O)CCCCCC1)c1ccc(CCl)cc1. The van der Waals surface area contributed by atoms with E-state index in [1.54, 1.807) is 12.1 Å². The molecule has 1 aliphatic carbocycles. The van der Waals surface area contributed by atoms with Crippen LogP contribution in [0.25, 0.3) is 0 Å². The van der Waals surface area contributed by atoms with Crippen molar-refractivity contribution in [1.29, 1.82) is 0 Å². The number of benzene rings is 1. The Hall–Kier alpha value is -1.06. The van der Waals surface area contributed by atoms with Gasteiger partial charge in [0.25, 0.3) is 5.91 Å². The van der Waals surface area contributed by atoms with Crippen LogP contribution in [-0.2, 0) is 5.88 Å². The Balaban J connectivity index is 1.90. The van der Waals surface area contributed by atoms with Crippen molar-refractivity contribution in [3.8, 4) is 0 Å². The summed E-state index contributed by atoms with van der Waals surface area (Å²) in [4.78, 5) is 12.1. The zero-order chi connectivity index (χ0) is 14.4. The minimum atomic E-state index is -0.734. The molecule has 3 nitrogen and oxygen atoms in total. The summed E-state index contributed by atoms with van der Waals surface area (Å²) in [6.45, 7) is 0.336. The van der Waals surface area contributed by atoms with Crippen molar-refractivity contribution in [2.75, 3.05) is 6.54 Å². The standard InChI is InChI=1S/C16H22ClNO2/c17-11-13-5-7-14(8-6-13)15(19)18-12-16(20)9-3-1-2-4-10-16/h5-8,20H,1-4,9-12H2,(H,18,19). The first-order valence-corrected chi connectivity index (χ1v) is 7.82. The number of nitrogens with one attached hydrogen (secondary N) is 1. The van der Waals surface area contributed by atoms with E-state index in [0.29, 0.717) is 18.0 Å². The first-order chi connectivity index (χ1) is 9.63. The monoisotopic (exact) mass is 295 g/mol. The largest absolute Gasteiger partial charge is 0.388 e. The highest BCUT2D eigenvalue weighted by molar-refractivity contribution is 6.17. The summed E-state index contributed by atoms with van der Waals surface area (Å²) in [6.07, 6.45) is 5.98. The van der Waals surface area contributed by atoms with Gasteiger partial charge in [-0.2, -0.15) is 0 Å². The summed E-state index contributed by atoms with van der Waals surface area (Å²) in [6, 6.07) is 7.24. The van der Waals surface area contributed by atoms with Crippen molar-refractivity contribution in [1.82, 2.24) is 5.32 Å². The van der Waals surface area contributed by atoms with Crippen LogP contribution in [0.15, 0.2) is 24.3 Å². The molecular formula is C16H22ClNO2. The van der Waals surface area contributed by atoms with E-state index < -0.39 is 5.60 Å². The maximum Gasteiger partial charge on any atom is 0.251 e. The lowest BCUT2D eigenvalue weighted by Gasteiger charge is -2.26. The van der Waals surface area contributed by atoms with E-state index in [1.807, 2.05) is 12.1 Å². The van der Waals surface area contributed by atoms with Crippen LogP contribution in [0.2, 0.25) is 0 Å². The number of hydrogen-bond acceptors (Lipinski definition) is 2. The molecule has 0 heterocycles. The molecule has 0 unspecified atom stereocenters. The second-order valence-electron chi connectivity index (χ2n) is 5.65. The van der Waals surface area contributed by atoms with Gasteiger partial charge in [-0.15, -0.1) is 11.6 Å². The van der Waals surface area contributed by atoms with Gasteiger partial charge in [-0.05, 0) is 30.5 Å². The van der Waals surface area contributed by atoms with Gasteiger partial charge in [-0.1, -0.05) is 37.8 Å². The van der Waals surface area contributed by atoms with Crippen LogP contribution >= 0.6 is 11.6 Å². The second kappa shape index (κ2) is 7.09. The summed E-state index contributed by atoms with van der Waals surface area (Å²) in [5.74, 6) is 0.311. The smallest absolute Gasteiger partial charge is 0.251 e. The van der Waals surface area contributed by atoms with Gasteiger partial charge in [0.2, 0.25) is 0 Å². The summed E-state index contributed by atoms with van der Waals surface area (Å²) in [5.41, 5.74) is 0.865. The van der Waals surface area contributed by atoms with Crippen molar-refractivity contribution in [3.63, 3.8) is 0 Å². The van der Waals surface area contributed by atoms with Gasteiger partial charge in [0, 0.05) is 18.0 Å². The lowest BCUT2D eigenvalue weighted by atomic mass is 9.94. The number of amides is 1. The fourth-order valence-corrected chi connectivity index (χ4v) is 2.83. The van der Waals surface area contributed by atoms with Gasteiger partial charge >= 0.3 is 0 Å². The van der Waals surface area contributed by atoms with Crippen LogP contribution < -0.4 is 5.32 Å². The number of carbonyl (C=O) groups is 1. The number of halogens is 1. The zero-order valence-electron chi connectivity index (χ0n) is 11.7. The van der Waals surface area contributed by atoms with Crippen molar-refractivity contribution in [3.05, 3.63) is 35.4 Å². The predicted octanol–water partition coefficient (Wildman–Crippen LogP) is 3.24. The fourth-order valence-electron chi connectivity index (χ4n) is 2.66. The molecular weight excluding hydrogens is 274 g/mol. The molecule has 1 aliphatic rings. The summed E-state index contributed by atoms with van der Waals surface area (Å²) >= 11 is 5.72. The molecule has 0 saturated heterocycles. The maximum atomic E-state index is 12.1. The quantitative estimate of drug-likeness (QED) is 0.662. The molecule has 0 radical (unpaired) electrons. The predicted molar refractivity (Wildman–Crippen MR) is 81.0 cm³/mol. The summed E-state index contributed by atoms with van der Waals surface area (Å²) in [7, 11) is 0. The summed E-state index contributed by atoms with van der Waals surface area (Å²) < 4.78 is 0. The molecule has 4 heteroatoms. The van der Waals surface area contributed by atoms with Crippen LogP contribution in [0.3, 0.4) is 0 Å². The molecule has 1 saturated carbocycles. The highest BCUT2D eigenvalue weighted by Crippen LogP contribution is 2.26. The number of rotatable bonds is 4. The molecule has 0 atom stereocenters. The lowest BCUT2D eigenvalue weighted by Crippen LogP contribution is -2.42. The Labute approximate surface area is 125 Å². The molecule has 0 aromatic heterocycles. The molecule has 1 aromatic carbocycles. The van der Waals surface area contributed by atoms with Crippen molar-refractivity contribution < 1.29 is 9.90 Å². The topological polar surface area (TPSA) is 49.3 Å². The number of hydrogen-bond donors (Lipinski definition) is 2. The van der Waals surface area contributed by atoms with Crippen LogP contribution in [0, 0.1) is 0 Å². The van der Waals surface area contributed by atoms with E-state index in [4.69, 9.17) is 11.6 Å². The first kappa shape index (κ1) is 15.3. The van der Waals surface area contributed by atoms with Gasteiger partial charge in [-0.25, -0.2) is 0 Å². The van der Waals surface area contributed by atoms with Crippen molar-refractivity contribution in [2.24, 2.45) is 0 Å². The molecule has 1 aromatic rings. The van der Waals surface area contributed by atoms with Gasteiger partial charge in [0.1, 0.15) is 0 Å². The average Bonchev–Trinajstić information content (AvgIpc) is 2.70. The summed E-state index contributed by atoms with van der Waals surface area (Å²) in [5, 5.41) is 13.3. The Morgan fingerprint density at radius 3 is 2.30 bits per heavy atom. The van der Waals surface area contributed by atoms with E-state index >= 15 is 0 Å². The highest BCUT2D eigenvalue weighted by Gasteiger charge is 2.28. The van der Waals surface area contributed by atoms with E-state index in [0.717, 1.165) is 31.2 Å². The molecule has 110 valence electrons. The van der Waals surface area contributed by atoms with E-state index in [-0.39, 0.29) is 5.91 Å². The first-order valence-electron chi connectivity index (χ1n) is 7.28. The minimum Gasteiger partial charge on any atom is -0.388 e. The molecule has 20 heavy (non-hydrogen) atoms. The third-order valence-electron chi connectivity index (χ3n) is 3.98. The molecule has 1 amide bonds.